The van der Waals surface area contributed by atoms with Crippen LogP contribution in [-0.2, 0) is 0 Å². The highest BCUT2D eigenvalue weighted by molar-refractivity contribution is 4.93. The van der Waals surface area contributed by atoms with Crippen molar-refractivity contribution in [2.24, 2.45) is 17.6 Å². The highest BCUT2D eigenvalue weighted by Gasteiger charge is 2.38. The Labute approximate surface area is 119 Å². The third-order valence-electron chi connectivity index (χ3n) is 6.15. The van der Waals surface area contributed by atoms with E-state index >= 15 is 0 Å². The van der Waals surface area contributed by atoms with Gasteiger partial charge in [0.25, 0.3) is 0 Å². The number of nitrogens with two attached hydrogens (primary N) is 1. The molecule has 1 saturated heterocycles. The minimum absolute atomic E-state index is 0.700. The molecular weight excluding hydrogens is 232 g/mol. The van der Waals surface area contributed by atoms with Gasteiger partial charge in [0, 0.05) is 18.6 Å². The van der Waals surface area contributed by atoms with Crippen molar-refractivity contribution in [2.75, 3.05) is 13.1 Å². The first-order valence-corrected chi connectivity index (χ1v) is 8.86. The van der Waals surface area contributed by atoms with Crippen molar-refractivity contribution in [2.45, 2.75) is 82.7 Å². The van der Waals surface area contributed by atoms with Crippen molar-refractivity contribution < 1.29 is 0 Å². The first-order valence-electron chi connectivity index (χ1n) is 8.86. The van der Waals surface area contributed by atoms with Crippen LogP contribution in [0, 0.1) is 11.8 Å². The van der Waals surface area contributed by atoms with E-state index in [2.05, 4.69) is 4.90 Å². The van der Waals surface area contributed by atoms with Gasteiger partial charge in [0.05, 0.1) is 0 Å². The van der Waals surface area contributed by atoms with E-state index in [1.165, 1.54) is 77.2 Å². The molecule has 1 heterocycles. The molecule has 0 spiro atoms. The zero-order chi connectivity index (χ0) is 13.1. The second-order valence-electron chi connectivity index (χ2n) is 7.19. The summed E-state index contributed by atoms with van der Waals surface area (Å²) in [6.07, 6.45) is 16.0. The summed E-state index contributed by atoms with van der Waals surface area (Å²) in [6, 6.07) is 1.59. The zero-order valence-corrected chi connectivity index (χ0v) is 12.5. The summed E-state index contributed by atoms with van der Waals surface area (Å²) in [6.45, 7) is 2.23. The lowest BCUT2D eigenvalue weighted by Crippen LogP contribution is -2.56. The van der Waals surface area contributed by atoms with Gasteiger partial charge < -0.3 is 5.73 Å². The Morgan fingerprint density at radius 3 is 2.32 bits per heavy atom. The lowest BCUT2D eigenvalue weighted by molar-refractivity contribution is 0.00116. The summed E-state index contributed by atoms with van der Waals surface area (Å²) in [5.41, 5.74) is 6.21. The number of rotatable bonds is 3. The Hall–Kier alpha value is -0.0800. The van der Waals surface area contributed by atoms with Crippen LogP contribution >= 0.6 is 0 Å². The number of fused-ring (bicyclic) bond motifs is 1. The van der Waals surface area contributed by atoms with Crippen molar-refractivity contribution in [1.29, 1.82) is 0 Å². The lowest BCUT2D eigenvalue weighted by Gasteiger charge is -2.50. The molecule has 110 valence electrons. The van der Waals surface area contributed by atoms with E-state index in [1.54, 1.807) is 0 Å². The first kappa shape index (κ1) is 13.9. The SMILES string of the molecule is NCC(C1CCCCC1)N1CCCC2CCCCC21. The van der Waals surface area contributed by atoms with Gasteiger partial charge in [-0.2, -0.15) is 0 Å². The molecule has 3 atom stereocenters. The van der Waals surface area contributed by atoms with E-state index in [9.17, 15) is 0 Å². The van der Waals surface area contributed by atoms with Crippen molar-refractivity contribution in [1.82, 2.24) is 4.90 Å². The van der Waals surface area contributed by atoms with Crippen LogP contribution in [0.3, 0.4) is 0 Å². The highest BCUT2D eigenvalue weighted by atomic mass is 15.2. The molecule has 3 rings (SSSR count). The Kier molecular flexibility index (Phi) is 4.81. The third kappa shape index (κ3) is 3.00. The lowest BCUT2D eigenvalue weighted by atomic mass is 9.75. The highest BCUT2D eigenvalue weighted by Crippen LogP contribution is 2.39. The molecule has 3 fully saturated rings. The minimum atomic E-state index is 0.700. The van der Waals surface area contributed by atoms with Gasteiger partial charge in [-0.3, -0.25) is 4.90 Å². The van der Waals surface area contributed by atoms with Crippen LogP contribution in [0.25, 0.3) is 0 Å². The zero-order valence-electron chi connectivity index (χ0n) is 12.5. The summed E-state index contributed by atoms with van der Waals surface area (Å²) in [7, 11) is 0. The summed E-state index contributed by atoms with van der Waals surface area (Å²) in [5, 5.41) is 0. The maximum Gasteiger partial charge on any atom is 0.0249 e. The van der Waals surface area contributed by atoms with Crippen molar-refractivity contribution in [3.05, 3.63) is 0 Å². The summed E-state index contributed by atoms with van der Waals surface area (Å²) >= 11 is 0. The molecule has 0 bridgehead atoms. The number of nitrogens with zero attached hydrogens (tertiary/aromatic N) is 1. The monoisotopic (exact) mass is 264 g/mol. The smallest absolute Gasteiger partial charge is 0.0249 e. The van der Waals surface area contributed by atoms with Gasteiger partial charge in [-0.1, -0.05) is 32.1 Å². The Morgan fingerprint density at radius 2 is 1.53 bits per heavy atom. The van der Waals surface area contributed by atoms with Crippen LogP contribution in [0.2, 0.25) is 0 Å². The number of hydrogen-bond acceptors (Lipinski definition) is 2. The standard InChI is InChI=1S/C17H32N2/c18-13-17(15-7-2-1-3-8-15)19-12-6-10-14-9-4-5-11-16(14)19/h14-17H,1-13,18H2. The van der Waals surface area contributed by atoms with E-state index in [4.69, 9.17) is 5.73 Å². The third-order valence-corrected chi connectivity index (χ3v) is 6.15. The first-order chi connectivity index (χ1) is 9.40. The molecule has 19 heavy (non-hydrogen) atoms. The van der Waals surface area contributed by atoms with Gasteiger partial charge in [0.2, 0.25) is 0 Å². The van der Waals surface area contributed by atoms with Crippen LogP contribution in [0.4, 0.5) is 0 Å². The van der Waals surface area contributed by atoms with Crippen LogP contribution in [0.15, 0.2) is 0 Å². The number of likely N-dealkylation sites (tertiary alicyclic amines) is 1. The van der Waals surface area contributed by atoms with Gasteiger partial charge in [0.15, 0.2) is 0 Å². The molecule has 3 unspecified atom stereocenters. The molecule has 2 heteroatoms. The fourth-order valence-electron chi connectivity index (χ4n) is 5.19. The molecular formula is C17H32N2. The molecule has 2 saturated carbocycles. The molecule has 0 aromatic rings. The number of piperidine rings is 1. The van der Waals surface area contributed by atoms with Gasteiger partial charge in [-0.05, 0) is 56.9 Å². The van der Waals surface area contributed by atoms with Gasteiger partial charge in [-0.25, -0.2) is 0 Å². The summed E-state index contributed by atoms with van der Waals surface area (Å²) in [4.78, 5) is 2.88. The van der Waals surface area contributed by atoms with E-state index < -0.39 is 0 Å². The molecule has 2 N–H and O–H groups in total. The quantitative estimate of drug-likeness (QED) is 0.844. The van der Waals surface area contributed by atoms with Crippen LogP contribution in [0.5, 0.6) is 0 Å². The fraction of sp³-hybridized carbons (Fsp3) is 1.00. The predicted molar refractivity (Wildman–Crippen MR) is 81.1 cm³/mol. The van der Waals surface area contributed by atoms with E-state index in [0.717, 1.165) is 24.4 Å². The van der Waals surface area contributed by atoms with Crippen LogP contribution in [-0.4, -0.2) is 30.1 Å². The molecule has 2 aliphatic carbocycles. The van der Waals surface area contributed by atoms with Gasteiger partial charge >= 0.3 is 0 Å². The largest absolute Gasteiger partial charge is 0.329 e. The van der Waals surface area contributed by atoms with Gasteiger partial charge in [-0.15, -0.1) is 0 Å². The average molecular weight is 264 g/mol. The number of hydrogen-bond donors (Lipinski definition) is 1. The van der Waals surface area contributed by atoms with Gasteiger partial charge in [0.1, 0.15) is 0 Å². The minimum Gasteiger partial charge on any atom is -0.329 e. The average Bonchev–Trinajstić information content (AvgIpc) is 2.49. The summed E-state index contributed by atoms with van der Waals surface area (Å²) in [5.74, 6) is 1.90. The second-order valence-corrected chi connectivity index (χ2v) is 7.19. The maximum atomic E-state index is 6.21. The van der Waals surface area contributed by atoms with Crippen molar-refractivity contribution >= 4 is 0 Å². The Balaban J connectivity index is 1.69. The maximum absolute atomic E-state index is 6.21. The Morgan fingerprint density at radius 1 is 0.842 bits per heavy atom. The van der Waals surface area contributed by atoms with Crippen molar-refractivity contribution in [3.8, 4) is 0 Å². The van der Waals surface area contributed by atoms with Crippen LogP contribution < -0.4 is 5.73 Å². The normalized spacial score (nSPS) is 35.8. The molecule has 0 aromatic heterocycles. The molecule has 0 radical (unpaired) electrons. The second kappa shape index (κ2) is 6.58. The van der Waals surface area contributed by atoms with Crippen LogP contribution in [0.1, 0.15) is 70.6 Å². The predicted octanol–water partition coefficient (Wildman–Crippen LogP) is 3.55. The fourth-order valence-corrected chi connectivity index (χ4v) is 5.19. The Bertz CT molecular complexity index is 270. The molecule has 0 aromatic carbocycles. The molecule has 2 nitrogen and oxygen atoms in total. The molecule has 1 aliphatic heterocycles. The molecule has 0 amide bonds. The van der Waals surface area contributed by atoms with E-state index in [1.807, 2.05) is 0 Å². The van der Waals surface area contributed by atoms with E-state index in [-0.39, 0.29) is 0 Å². The van der Waals surface area contributed by atoms with E-state index in [0.29, 0.717) is 6.04 Å². The topological polar surface area (TPSA) is 29.3 Å². The van der Waals surface area contributed by atoms with Crippen molar-refractivity contribution in [3.63, 3.8) is 0 Å². The molecule has 3 aliphatic rings. The summed E-state index contributed by atoms with van der Waals surface area (Å²) < 4.78 is 0.